The first kappa shape index (κ1) is 14.9. The van der Waals surface area contributed by atoms with E-state index in [9.17, 15) is 0 Å². The van der Waals surface area contributed by atoms with Crippen molar-refractivity contribution in [3.63, 3.8) is 0 Å². The molecule has 0 radical (unpaired) electrons. The molecule has 0 atom stereocenters. The second kappa shape index (κ2) is 12.0. The molecule has 0 amide bonds. The normalized spacial score (nSPS) is 11.2. The third-order valence-electron chi connectivity index (χ3n) is 2.89. The number of rotatable bonds is 11. The second-order valence-corrected chi connectivity index (χ2v) is 4.57. The third kappa shape index (κ3) is 11.8. The Balaban J connectivity index is 3.06. The highest BCUT2D eigenvalue weighted by Gasteiger charge is 1.97. The quantitative estimate of drug-likeness (QED) is 0.536. The maximum absolute atomic E-state index is 5.45. The van der Waals surface area contributed by atoms with Crippen molar-refractivity contribution in [2.24, 2.45) is 5.73 Å². The Morgan fingerprint density at radius 3 is 1.93 bits per heavy atom. The number of hydrogen-bond donors (Lipinski definition) is 1. The van der Waals surface area contributed by atoms with Crippen LogP contribution in [-0.4, -0.2) is 31.6 Å². The van der Waals surface area contributed by atoms with Gasteiger partial charge in [-0.1, -0.05) is 39.0 Å². The number of nitrogens with two attached hydrogens (primary N) is 1. The summed E-state index contributed by atoms with van der Waals surface area (Å²) in [5.41, 5.74) is 5.45. The molecule has 0 aromatic carbocycles. The molecule has 0 aliphatic heterocycles. The molecule has 0 aliphatic rings. The Kier molecular flexibility index (Phi) is 11.9. The van der Waals surface area contributed by atoms with Gasteiger partial charge in [0.15, 0.2) is 0 Å². The van der Waals surface area contributed by atoms with Crippen molar-refractivity contribution in [3.8, 4) is 0 Å². The molecule has 0 unspecified atom stereocenters. The molecule has 0 bridgehead atoms. The Bertz CT molecular complexity index is 115. The zero-order valence-electron chi connectivity index (χ0n) is 10.8. The molecule has 2 heteroatoms. The first-order chi connectivity index (χ1) is 7.31. The van der Waals surface area contributed by atoms with Gasteiger partial charge in [-0.15, -0.1) is 0 Å². The lowest BCUT2D eigenvalue weighted by atomic mass is 10.1. The maximum Gasteiger partial charge on any atom is -0.00218 e. The van der Waals surface area contributed by atoms with Crippen LogP contribution in [0.3, 0.4) is 0 Å². The zero-order chi connectivity index (χ0) is 11.4. The van der Waals surface area contributed by atoms with Gasteiger partial charge in [-0.3, -0.25) is 0 Å². The first-order valence-corrected chi connectivity index (χ1v) is 6.70. The average Bonchev–Trinajstić information content (AvgIpc) is 2.23. The van der Waals surface area contributed by atoms with Crippen LogP contribution in [-0.2, 0) is 0 Å². The van der Waals surface area contributed by atoms with E-state index in [1.54, 1.807) is 0 Å². The molecule has 0 aliphatic carbocycles. The van der Waals surface area contributed by atoms with Crippen LogP contribution in [0.15, 0.2) is 0 Å². The fourth-order valence-electron chi connectivity index (χ4n) is 1.80. The van der Waals surface area contributed by atoms with Crippen LogP contribution in [0.1, 0.15) is 58.3 Å². The molecular weight excluding hydrogens is 184 g/mol. The van der Waals surface area contributed by atoms with Crippen LogP contribution in [0.2, 0.25) is 0 Å². The molecule has 2 N–H and O–H groups in total. The van der Waals surface area contributed by atoms with Crippen LogP contribution in [0.4, 0.5) is 0 Å². The lowest BCUT2D eigenvalue weighted by Gasteiger charge is -2.15. The summed E-state index contributed by atoms with van der Waals surface area (Å²) in [6.07, 6.45) is 10.7. The van der Waals surface area contributed by atoms with Crippen LogP contribution < -0.4 is 5.73 Å². The number of hydrogen-bond acceptors (Lipinski definition) is 2. The van der Waals surface area contributed by atoms with Crippen molar-refractivity contribution in [2.45, 2.75) is 58.3 Å². The molecule has 0 spiro atoms. The van der Waals surface area contributed by atoms with E-state index in [-0.39, 0.29) is 0 Å². The molecule has 92 valence electrons. The van der Waals surface area contributed by atoms with E-state index in [0.717, 1.165) is 6.54 Å². The van der Waals surface area contributed by atoms with Gasteiger partial charge in [0.05, 0.1) is 0 Å². The van der Waals surface area contributed by atoms with Crippen LogP contribution >= 0.6 is 0 Å². The Morgan fingerprint density at radius 1 is 0.800 bits per heavy atom. The smallest absolute Gasteiger partial charge is 0.00218 e. The molecule has 0 saturated carbocycles. The fourth-order valence-corrected chi connectivity index (χ4v) is 1.80. The number of unbranched alkanes of at least 4 members (excludes halogenated alkanes) is 6. The van der Waals surface area contributed by atoms with Gasteiger partial charge in [0.25, 0.3) is 0 Å². The van der Waals surface area contributed by atoms with Gasteiger partial charge in [-0.2, -0.15) is 0 Å². The summed E-state index contributed by atoms with van der Waals surface area (Å²) in [6.45, 7) is 5.66. The SMILES string of the molecule is CCCCCN(C)CCCCCCCN. The minimum absolute atomic E-state index is 0.858. The first-order valence-electron chi connectivity index (χ1n) is 6.70. The third-order valence-corrected chi connectivity index (χ3v) is 2.89. The molecule has 2 nitrogen and oxygen atoms in total. The highest BCUT2D eigenvalue weighted by atomic mass is 15.1. The summed E-state index contributed by atoms with van der Waals surface area (Å²) in [5, 5.41) is 0. The molecule has 0 aromatic heterocycles. The van der Waals surface area contributed by atoms with Gasteiger partial charge in [-0.05, 0) is 45.9 Å². The monoisotopic (exact) mass is 214 g/mol. The fraction of sp³-hybridized carbons (Fsp3) is 1.00. The van der Waals surface area contributed by atoms with Crippen molar-refractivity contribution in [1.29, 1.82) is 0 Å². The second-order valence-electron chi connectivity index (χ2n) is 4.57. The highest BCUT2D eigenvalue weighted by molar-refractivity contribution is 4.53. The van der Waals surface area contributed by atoms with E-state index in [0.29, 0.717) is 0 Å². The summed E-state index contributed by atoms with van der Waals surface area (Å²) in [6, 6.07) is 0. The zero-order valence-corrected chi connectivity index (χ0v) is 10.8. The van der Waals surface area contributed by atoms with Gasteiger partial charge in [-0.25, -0.2) is 0 Å². The maximum atomic E-state index is 5.45. The molecular formula is C13H30N2. The molecule has 0 aromatic rings. The van der Waals surface area contributed by atoms with E-state index in [2.05, 4.69) is 18.9 Å². The van der Waals surface area contributed by atoms with Crippen molar-refractivity contribution in [1.82, 2.24) is 4.90 Å². The van der Waals surface area contributed by atoms with E-state index in [4.69, 9.17) is 5.73 Å². The van der Waals surface area contributed by atoms with Gasteiger partial charge in [0, 0.05) is 0 Å². The van der Waals surface area contributed by atoms with E-state index >= 15 is 0 Å². The topological polar surface area (TPSA) is 29.3 Å². The van der Waals surface area contributed by atoms with E-state index in [1.807, 2.05) is 0 Å². The van der Waals surface area contributed by atoms with Gasteiger partial charge in [0.1, 0.15) is 0 Å². The summed E-state index contributed by atoms with van der Waals surface area (Å²) in [5.74, 6) is 0. The largest absolute Gasteiger partial charge is 0.330 e. The molecule has 0 saturated heterocycles. The average molecular weight is 214 g/mol. The minimum Gasteiger partial charge on any atom is -0.330 e. The Morgan fingerprint density at radius 2 is 1.33 bits per heavy atom. The van der Waals surface area contributed by atoms with Crippen molar-refractivity contribution in [3.05, 3.63) is 0 Å². The molecule has 15 heavy (non-hydrogen) atoms. The number of nitrogens with zero attached hydrogens (tertiary/aromatic N) is 1. The van der Waals surface area contributed by atoms with Crippen LogP contribution in [0, 0.1) is 0 Å². The van der Waals surface area contributed by atoms with Gasteiger partial charge < -0.3 is 10.6 Å². The standard InChI is InChI=1S/C13H30N2/c1-3-4-9-12-15(2)13-10-7-5-6-8-11-14/h3-14H2,1-2H3. The highest BCUT2D eigenvalue weighted by Crippen LogP contribution is 2.04. The van der Waals surface area contributed by atoms with Crippen LogP contribution in [0.25, 0.3) is 0 Å². The summed E-state index contributed by atoms with van der Waals surface area (Å²) in [7, 11) is 2.25. The van der Waals surface area contributed by atoms with E-state index < -0.39 is 0 Å². The van der Waals surface area contributed by atoms with Gasteiger partial charge in [0.2, 0.25) is 0 Å². The summed E-state index contributed by atoms with van der Waals surface area (Å²) in [4.78, 5) is 2.47. The minimum atomic E-state index is 0.858. The van der Waals surface area contributed by atoms with Crippen molar-refractivity contribution < 1.29 is 0 Å². The summed E-state index contributed by atoms with van der Waals surface area (Å²) < 4.78 is 0. The van der Waals surface area contributed by atoms with Gasteiger partial charge >= 0.3 is 0 Å². The lowest BCUT2D eigenvalue weighted by Crippen LogP contribution is -2.20. The van der Waals surface area contributed by atoms with Crippen molar-refractivity contribution in [2.75, 3.05) is 26.7 Å². The Hall–Kier alpha value is -0.0800. The molecule has 0 heterocycles. The predicted molar refractivity (Wildman–Crippen MR) is 69.2 cm³/mol. The lowest BCUT2D eigenvalue weighted by molar-refractivity contribution is 0.316. The Labute approximate surface area is 96.2 Å². The van der Waals surface area contributed by atoms with E-state index in [1.165, 1.54) is 64.5 Å². The summed E-state index contributed by atoms with van der Waals surface area (Å²) >= 11 is 0. The van der Waals surface area contributed by atoms with Crippen molar-refractivity contribution >= 4 is 0 Å². The molecule has 0 rings (SSSR count). The van der Waals surface area contributed by atoms with Crippen LogP contribution in [0.5, 0.6) is 0 Å². The predicted octanol–water partition coefficient (Wildman–Crippen LogP) is 3.02. The molecule has 0 fully saturated rings.